The van der Waals surface area contributed by atoms with E-state index in [9.17, 15) is 0 Å². The maximum Gasteiger partial charge on any atom is 0.0950 e. The van der Waals surface area contributed by atoms with E-state index < -0.39 is 0 Å². The van der Waals surface area contributed by atoms with E-state index in [2.05, 4.69) is 11.0 Å². The second-order valence-corrected chi connectivity index (χ2v) is 2.45. The van der Waals surface area contributed by atoms with Crippen molar-refractivity contribution >= 4 is 0 Å². The average Bonchev–Trinajstić information content (AvgIpc) is 2.05. The molecule has 0 aromatic heterocycles. The zero-order chi connectivity index (χ0) is 7.40. The molecule has 10 heavy (non-hydrogen) atoms. The van der Waals surface area contributed by atoms with Crippen LogP contribution in [0.15, 0.2) is 0 Å². The Morgan fingerprint density at radius 2 is 2.10 bits per heavy atom. The first kappa shape index (κ1) is 7.52. The normalized spacial score (nSPS) is 23.6. The van der Waals surface area contributed by atoms with Gasteiger partial charge in [0.15, 0.2) is 0 Å². The Kier molecular flexibility index (Phi) is 2.67. The fourth-order valence-electron chi connectivity index (χ4n) is 1.05. The molecule has 3 nitrogen and oxygen atoms in total. The highest BCUT2D eigenvalue weighted by atomic mass is 16.5. The van der Waals surface area contributed by atoms with Gasteiger partial charge in [0.2, 0.25) is 0 Å². The third kappa shape index (κ3) is 1.69. The molecule has 0 aromatic rings. The van der Waals surface area contributed by atoms with Gasteiger partial charge in [-0.2, -0.15) is 5.26 Å². The first-order valence-corrected chi connectivity index (χ1v) is 3.56. The highest BCUT2D eigenvalue weighted by Crippen LogP contribution is 2.01. The van der Waals surface area contributed by atoms with Gasteiger partial charge in [0.1, 0.15) is 0 Å². The Balaban J connectivity index is 2.33. The monoisotopic (exact) mass is 140 g/mol. The maximum atomic E-state index is 8.55. The summed E-state index contributed by atoms with van der Waals surface area (Å²) in [5.41, 5.74) is 0. The Morgan fingerprint density at radius 1 is 1.50 bits per heavy atom. The summed E-state index contributed by atoms with van der Waals surface area (Å²) in [6, 6.07) is 2.25. The summed E-state index contributed by atoms with van der Waals surface area (Å²) in [7, 11) is 0. The summed E-state index contributed by atoms with van der Waals surface area (Å²) in [6.07, 6.45) is 0. The molecule has 1 aliphatic heterocycles. The quantitative estimate of drug-likeness (QED) is 0.523. The molecule has 0 spiro atoms. The van der Waals surface area contributed by atoms with Gasteiger partial charge >= 0.3 is 0 Å². The van der Waals surface area contributed by atoms with E-state index in [0.717, 1.165) is 26.3 Å². The molecule has 0 aliphatic carbocycles. The zero-order valence-electron chi connectivity index (χ0n) is 6.21. The first-order chi connectivity index (χ1) is 4.84. The number of morpholine rings is 1. The number of hydrogen-bond donors (Lipinski definition) is 0. The largest absolute Gasteiger partial charge is 0.379 e. The summed E-state index contributed by atoms with van der Waals surface area (Å²) < 4.78 is 5.14. The van der Waals surface area contributed by atoms with Crippen molar-refractivity contribution in [1.82, 2.24) is 4.90 Å². The van der Waals surface area contributed by atoms with E-state index in [1.54, 1.807) is 0 Å². The molecular formula is C7H12N2O. The van der Waals surface area contributed by atoms with E-state index in [1.807, 2.05) is 6.92 Å². The van der Waals surface area contributed by atoms with Crippen molar-refractivity contribution in [3.63, 3.8) is 0 Å². The Labute approximate surface area is 61.2 Å². The Hall–Kier alpha value is -0.590. The number of nitriles is 1. The SMILES string of the molecule is C[C@H](C#N)N1CCOCC1. The first-order valence-electron chi connectivity index (χ1n) is 3.56. The van der Waals surface area contributed by atoms with Crippen molar-refractivity contribution in [3.05, 3.63) is 0 Å². The van der Waals surface area contributed by atoms with Crippen LogP contribution in [0.4, 0.5) is 0 Å². The van der Waals surface area contributed by atoms with Crippen LogP contribution in [0.1, 0.15) is 6.92 Å². The highest BCUT2D eigenvalue weighted by molar-refractivity contribution is 4.88. The predicted molar refractivity (Wildman–Crippen MR) is 37.5 cm³/mol. The lowest BCUT2D eigenvalue weighted by molar-refractivity contribution is 0.0299. The van der Waals surface area contributed by atoms with Crippen molar-refractivity contribution in [2.75, 3.05) is 26.3 Å². The molecule has 1 saturated heterocycles. The third-order valence-corrected chi connectivity index (χ3v) is 1.78. The molecule has 3 heteroatoms. The van der Waals surface area contributed by atoms with Crippen LogP contribution >= 0.6 is 0 Å². The van der Waals surface area contributed by atoms with Gasteiger partial charge in [-0.1, -0.05) is 0 Å². The van der Waals surface area contributed by atoms with Crippen LogP contribution < -0.4 is 0 Å². The van der Waals surface area contributed by atoms with E-state index in [0.29, 0.717) is 0 Å². The molecule has 1 heterocycles. The number of hydrogen-bond acceptors (Lipinski definition) is 3. The molecule has 1 atom stereocenters. The minimum Gasteiger partial charge on any atom is -0.379 e. The van der Waals surface area contributed by atoms with Crippen LogP contribution in [0, 0.1) is 11.3 Å². The molecule has 0 aromatic carbocycles. The van der Waals surface area contributed by atoms with Gasteiger partial charge in [-0.3, -0.25) is 4.90 Å². The van der Waals surface area contributed by atoms with Gasteiger partial charge in [0.25, 0.3) is 0 Å². The fourth-order valence-corrected chi connectivity index (χ4v) is 1.05. The second-order valence-electron chi connectivity index (χ2n) is 2.45. The van der Waals surface area contributed by atoms with E-state index in [4.69, 9.17) is 10.00 Å². The number of nitrogens with zero attached hydrogens (tertiary/aromatic N) is 2. The Morgan fingerprint density at radius 3 is 2.60 bits per heavy atom. The Bertz CT molecular complexity index is 135. The second kappa shape index (κ2) is 3.55. The van der Waals surface area contributed by atoms with E-state index in [1.165, 1.54) is 0 Å². The molecule has 1 rings (SSSR count). The smallest absolute Gasteiger partial charge is 0.0950 e. The molecule has 0 amide bonds. The average molecular weight is 140 g/mol. The van der Waals surface area contributed by atoms with Crippen LogP contribution in [0.5, 0.6) is 0 Å². The van der Waals surface area contributed by atoms with Crippen molar-refractivity contribution < 1.29 is 4.74 Å². The summed E-state index contributed by atoms with van der Waals surface area (Å²) in [5, 5.41) is 8.55. The molecule has 0 N–H and O–H groups in total. The summed E-state index contributed by atoms with van der Waals surface area (Å²) in [6.45, 7) is 5.26. The topological polar surface area (TPSA) is 36.3 Å². The minimum atomic E-state index is 0.0453. The molecule has 0 radical (unpaired) electrons. The lowest BCUT2D eigenvalue weighted by Gasteiger charge is -2.28. The van der Waals surface area contributed by atoms with Crippen molar-refractivity contribution in [1.29, 1.82) is 5.26 Å². The molecule has 56 valence electrons. The summed E-state index contributed by atoms with van der Waals surface area (Å²) in [4.78, 5) is 2.13. The van der Waals surface area contributed by atoms with Crippen LogP contribution in [-0.2, 0) is 4.74 Å². The molecule has 1 fully saturated rings. The molecule has 0 saturated carbocycles. The lowest BCUT2D eigenvalue weighted by Crippen LogP contribution is -2.41. The summed E-state index contributed by atoms with van der Waals surface area (Å²) in [5.74, 6) is 0. The number of rotatable bonds is 1. The van der Waals surface area contributed by atoms with Crippen LogP contribution in [0.3, 0.4) is 0 Å². The standard InChI is InChI=1S/C7H12N2O/c1-7(6-8)9-2-4-10-5-3-9/h7H,2-5H2,1H3/t7-/m1/s1. The van der Waals surface area contributed by atoms with Crippen LogP contribution in [0.2, 0.25) is 0 Å². The maximum absolute atomic E-state index is 8.55. The molecular weight excluding hydrogens is 128 g/mol. The zero-order valence-corrected chi connectivity index (χ0v) is 6.21. The third-order valence-electron chi connectivity index (χ3n) is 1.78. The lowest BCUT2D eigenvalue weighted by atomic mass is 10.3. The van der Waals surface area contributed by atoms with Crippen molar-refractivity contribution in [2.45, 2.75) is 13.0 Å². The van der Waals surface area contributed by atoms with Gasteiger partial charge in [0, 0.05) is 13.1 Å². The number of ether oxygens (including phenoxy) is 1. The highest BCUT2D eigenvalue weighted by Gasteiger charge is 2.15. The van der Waals surface area contributed by atoms with E-state index >= 15 is 0 Å². The van der Waals surface area contributed by atoms with Crippen LogP contribution in [0.25, 0.3) is 0 Å². The van der Waals surface area contributed by atoms with Crippen LogP contribution in [-0.4, -0.2) is 37.2 Å². The van der Waals surface area contributed by atoms with Gasteiger partial charge in [-0.25, -0.2) is 0 Å². The van der Waals surface area contributed by atoms with Crippen molar-refractivity contribution in [3.8, 4) is 6.07 Å². The molecule has 1 aliphatic rings. The minimum absolute atomic E-state index is 0.0453. The van der Waals surface area contributed by atoms with Gasteiger partial charge in [0.05, 0.1) is 25.3 Å². The van der Waals surface area contributed by atoms with Gasteiger partial charge in [-0.05, 0) is 6.92 Å². The van der Waals surface area contributed by atoms with E-state index in [-0.39, 0.29) is 6.04 Å². The fraction of sp³-hybridized carbons (Fsp3) is 0.857. The predicted octanol–water partition coefficient (Wildman–Crippen LogP) is 0.231. The molecule has 0 unspecified atom stereocenters. The van der Waals surface area contributed by atoms with Gasteiger partial charge in [-0.15, -0.1) is 0 Å². The summed E-state index contributed by atoms with van der Waals surface area (Å²) >= 11 is 0. The molecule has 0 bridgehead atoms. The van der Waals surface area contributed by atoms with Gasteiger partial charge < -0.3 is 4.74 Å². The van der Waals surface area contributed by atoms with Crippen molar-refractivity contribution in [2.24, 2.45) is 0 Å².